The third kappa shape index (κ3) is 1.29. The van der Waals surface area contributed by atoms with Crippen molar-refractivity contribution >= 4 is 23.5 Å². The largest absolute Gasteiger partial charge is 0.397 e. The molecule has 3 aromatic carbocycles. The fourth-order valence-electron chi connectivity index (χ4n) is 3.63. The SMILES string of the molecule is Nc1ccc2c(c1N)C=c1c-2ccc2c1=Cc1ccccc1-2. The van der Waals surface area contributed by atoms with Crippen molar-refractivity contribution in [2.24, 2.45) is 0 Å². The van der Waals surface area contributed by atoms with Gasteiger partial charge in [0, 0.05) is 5.56 Å². The molecule has 0 atom stereocenters. The fraction of sp³-hybridized carbons (Fsp3) is 0. The van der Waals surface area contributed by atoms with E-state index in [4.69, 9.17) is 11.5 Å². The highest BCUT2D eigenvalue weighted by molar-refractivity contribution is 5.95. The van der Waals surface area contributed by atoms with Crippen molar-refractivity contribution in [2.45, 2.75) is 0 Å². The second kappa shape index (κ2) is 3.80. The van der Waals surface area contributed by atoms with Gasteiger partial charge in [0.2, 0.25) is 0 Å². The molecule has 22 heavy (non-hydrogen) atoms. The molecule has 0 unspecified atom stereocenters. The monoisotopic (exact) mass is 282 g/mol. The van der Waals surface area contributed by atoms with E-state index in [9.17, 15) is 0 Å². The highest BCUT2D eigenvalue weighted by Crippen LogP contribution is 2.35. The normalized spacial score (nSPS) is 12.7. The molecule has 0 radical (unpaired) electrons. The standard InChI is InChI=1S/C20H14N2/c21-19-8-7-15-14-6-5-13-12-4-2-1-3-11(12)9-16(13)17(14)10-18(15)20(19)22/h1-10H,21-22H2. The van der Waals surface area contributed by atoms with E-state index in [0.29, 0.717) is 11.4 Å². The Bertz CT molecular complexity index is 1090. The summed E-state index contributed by atoms with van der Waals surface area (Å²) in [5.74, 6) is 0. The second-order valence-corrected chi connectivity index (χ2v) is 5.89. The highest BCUT2D eigenvalue weighted by atomic mass is 14.7. The van der Waals surface area contributed by atoms with Crippen LogP contribution < -0.4 is 21.9 Å². The second-order valence-electron chi connectivity index (χ2n) is 5.89. The highest BCUT2D eigenvalue weighted by Gasteiger charge is 2.20. The molecule has 0 spiro atoms. The van der Waals surface area contributed by atoms with Gasteiger partial charge >= 0.3 is 0 Å². The zero-order valence-corrected chi connectivity index (χ0v) is 11.9. The Hall–Kier alpha value is -3.00. The zero-order valence-electron chi connectivity index (χ0n) is 11.9. The molecule has 0 saturated carbocycles. The van der Waals surface area contributed by atoms with Crippen molar-refractivity contribution in [3.05, 3.63) is 70.1 Å². The molecule has 0 amide bonds. The van der Waals surface area contributed by atoms with E-state index < -0.39 is 0 Å². The predicted molar refractivity (Wildman–Crippen MR) is 92.5 cm³/mol. The minimum Gasteiger partial charge on any atom is -0.397 e. The lowest BCUT2D eigenvalue weighted by Gasteiger charge is -2.07. The van der Waals surface area contributed by atoms with Crippen LogP contribution in [0.2, 0.25) is 0 Å². The number of fused-ring (bicyclic) bond motifs is 7. The maximum absolute atomic E-state index is 6.18. The molecule has 4 N–H and O–H groups in total. The molecule has 2 aliphatic carbocycles. The Morgan fingerprint density at radius 2 is 1.27 bits per heavy atom. The lowest BCUT2D eigenvalue weighted by molar-refractivity contribution is 1.54. The van der Waals surface area contributed by atoms with Crippen molar-refractivity contribution in [1.82, 2.24) is 0 Å². The van der Waals surface area contributed by atoms with Crippen molar-refractivity contribution in [2.75, 3.05) is 11.5 Å². The molecule has 104 valence electrons. The van der Waals surface area contributed by atoms with E-state index in [1.54, 1.807) is 0 Å². The summed E-state index contributed by atoms with van der Waals surface area (Å²) in [7, 11) is 0. The quantitative estimate of drug-likeness (QED) is 0.429. The minimum atomic E-state index is 0.645. The van der Waals surface area contributed by atoms with Crippen LogP contribution in [0.15, 0.2) is 48.5 Å². The third-order valence-corrected chi connectivity index (χ3v) is 4.74. The molecule has 5 rings (SSSR count). The first-order chi connectivity index (χ1) is 10.7. The van der Waals surface area contributed by atoms with Crippen LogP contribution in [0.3, 0.4) is 0 Å². The Morgan fingerprint density at radius 1 is 0.591 bits per heavy atom. The number of nitrogen functional groups attached to an aromatic ring is 2. The lowest BCUT2D eigenvalue weighted by atomic mass is 10.00. The van der Waals surface area contributed by atoms with Gasteiger partial charge < -0.3 is 11.5 Å². The van der Waals surface area contributed by atoms with Crippen LogP contribution in [0, 0.1) is 0 Å². The molecule has 0 saturated heterocycles. The van der Waals surface area contributed by atoms with Crippen LogP contribution in [-0.2, 0) is 0 Å². The van der Waals surface area contributed by atoms with Crippen LogP contribution >= 0.6 is 0 Å². The third-order valence-electron chi connectivity index (χ3n) is 4.74. The molecule has 0 bridgehead atoms. The average Bonchev–Trinajstić information content (AvgIpc) is 3.09. The summed E-state index contributed by atoms with van der Waals surface area (Å²) in [5, 5.41) is 2.54. The summed E-state index contributed by atoms with van der Waals surface area (Å²) >= 11 is 0. The van der Waals surface area contributed by atoms with Gasteiger partial charge in [0.05, 0.1) is 11.4 Å². The summed E-state index contributed by atoms with van der Waals surface area (Å²) in [4.78, 5) is 0. The summed E-state index contributed by atoms with van der Waals surface area (Å²) in [5.41, 5.74) is 20.8. The van der Waals surface area contributed by atoms with Gasteiger partial charge in [-0.1, -0.05) is 42.5 Å². The molecule has 0 aromatic heterocycles. The van der Waals surface area contributed by atoms with Gasteiger partial charge in [-0.05, 0) is 56.5 Å². The summed E-state index contributed by atoms with van der Waals surface area (Å²) < 4.78 is 0. The van der Waals surface area contributed by atoms with Gasteiger partial charge in [0.25, 0.3) is 0 Å². The maximum atomic E-state index is 6.18. The van der Waals surface area contributed by atoms with Gasteiger partial charge in [-0.2, -0.15) is 0 Å². The summed E-state index contributed by atoms with van der Waals surface area (Å²) in [6, 6.07) is 16.9. The van der Waals surface area contributed by atoms with E-state index in [2.05, 4.69) is 54.6 Å². The van der Waals surface area contributed by atoms with Crippen LogP contribution in [0.1, 0.15) is 11.1 Å². The first-order valence-corrected chi connectivity index (χ1v) is 7.38. The predicted octanol–water partition coefficient (Wildman–Crippen LogP) is 2.47. The van der Waals surface area contributed by atoms with Crippen molar-refractivity contribution in [3.8, 4) is 22.3 Å². The van der Waals surface area contributed by atoms with E-state index in [1.165, 1.54) is 38.3 Å². The van der Waals surface area contributed by atoms with E-state index in [0.717, 1.165) is 5.56 Å². The minimum absolute atomic E-state index is 0.645. The number of anilines is 2. The first kappa shape index (κ1) is 11.6. The van der Waals surface area contributed by atoms with E-state index in [-0.39, 0.29) is 0 Å². The Labute approximate surface area is 128 Å². The van der Waals surface area contributed by atoms with Crippen molar-refractivity contribution in [3.63, 3.8) is 0 Å². The molecular formula is C20H14N2. The van der Waals surface area contributed by atoms with E-state index >= 15 is 0 Å². The first-order valence-electron chi connectivity index (χ1n) is 7.38. The van der Waals surface area contributed by atoms with E-state index in [1.807, 2.05) is 6.07 Å². The average molecular weight is 282 g/mol. The molecule has 2 nitrogen and oxygen atoms in total. The van der Waals surface area contributed by atoms with Crippen LogP contribution in [-0.4, -0.2) is 0 Å². The maximum Gasteiger partial charge on any atom is 0.0627 e. The van der Waals surface area contributed by atoms with Crippen molar-refractivity contribution in [1.29, 1.82) is 0 Å². The molecule has 3 aromatic rings. The number of nitrogens with two attached hydrogens (primary N) is 2. The van der Waals surface area contributed by atoms with Gasteiger partial charge in [-0.25, -0.2) is 0 Å². The van der Waals surface area contributed by atoms with Gasteiger partial charge in [-0.3, -0.25) is 0 Å². The molecule has 0 fully saturated rings. The Balaban J connectivity index is 1.91. The van der Waals surface area contributed by atoms with Crippen LogP contribution in [0.25, 0.3) is 34.4 Å². The molecule has 0 aliphatic heterocycles. The smallest absolute Gasteiger partial charge is 0.0627 e. The zero-order chi connectivity index (χ0) is 14.8. The Morgan fingerprint density at radius 3 is 2.14 bits per heavy atom. The number of rotatable bonds is 0. The topological polar surface area (TPSA) is 52.0 Å². The fourth-order valence-corrected chi connectivity index (χ4v) is 3.63. The molecule has 2 aliphatic rings. The number of hydrogen-bond donors (Lipinski definition) is 2. The van der Waals surface area contributed by atoms with Gasteiger partial charge in [0.15, 0.2) is 0 Å². The van der Waals surface area contributed by atoms with Crippen molar-refractivity contribution < 1.29 is 0 Å². The molecule has 0 heterocycles. The number of benzene rings is 3. The van der Waals surface area contributed by atoms with Crippen LogP contribution in [0.4, 0.5) is 11.4 Å². The van der Waals surface area contributed by atoms with Gasteiger partial charge in [-0.15, -0.1) is 0 Å². The number of hydrogen-bond acceptors (Lipinski definition) is 2. The Kier molecular flexibility index (Phi) is 2.01. The lowest BCUT2D eigenvalue weighted by Crippen LogP contribution is -2.25. The summed E-state index contributed by atoms with van der Waals surface area (Å²) in [6.45, 7) is 0. The molecule has 2 heteroatoms. The molecular weight excluding hydrogens is 268 g/mol. The van der Waals surface area contributed by atoms with Gasteiger partial charge in [0.1, 0.15) is 0 Å². The summed E-state index contributed by atoms with van der Waals surface area (Å²) in [6.07, 6.45) is 4.45. The van der Waals surface area contributed by atoms with Crippen LogP contribution in [0.5, 0.6) is 0 Å².